The molecule has 1 unspecified atom stereocenters. The van der Waals surface area contributed by atoms with Crippen molar-refractivity contribution in [1.29, 1.82) is 0 Å². The number of methoxy groups -OCH3 is 1. The van der Waals surface area contributed by atoms with Gasteiger partial charge in [-0.15, -0.1) is 0 Å². The highest BCUT2D eigenvalue weighted by molar-refractivity contribution is 6.09. The highest BCUT2D eigenvalue weighted by atomic mass is 16.5. The molecule has 0 bridgehead atoms. The number of benzene rings is 1. The molecule has 5 heteroatoms. The normalized spacial score (nSPS) is 15.7. The Labute approximate surface area is 112 Å². The number of anilines is 2. The summed E-state index contributed by atoms with van der Waals surface area (Å²) in [5.74, 6) is -0.210. The summed E-state index contributed by atoms with van der Waals surface area (Å²) in [5.41, 5.74) is 1.45. The van der Waals surface area contributed by atoms with E-state index in [1.807, 2.05) is 25.1 Å². The lowest BCUT2D eigenvalue weighted by atomic mass is 10.1. The quantitative estimate of drug-likeness (QED) is 0.900. The van der Waals surface area contributed by atoms with Gasteiger partial charge >= 0.3 is 0 Å². The zero-order valence-electron chi connectivity index (χ0n) is 11.2. The number of rotatable bonds is 4. The van der Waals surface area contributed by atoms with E-state index in [1.165, 1.54) is 4.90 Å². The minimum absolute atomic E-state index is 0.0396. The average molecular weight is 262 g/mol. The Morgan fingerprint density at radius 1 is 1.47 bits per heavy atom. The van der Waals surface area contributed by atoms with Gasteiger partial charge in [-0.05, 0) is 25.5 Å². The van der Waals surface area contributed by atoms with Crippen LogP contribution in [-0.4, -0.2) is 31.6 Å². The van der Waals surface area contributed by atoms with E-state index in [9.17, 15) is 9.59 Å². The summed E-state index contributed by atoms with van der Waals surface area (Å²) in [6, 6.07) is 7.32. The summed E-state index contributed by atoms with van der Waals surface area (Å²) < 4.78 is 5.13. The molecule has 1 N–H and O–H groups in total. The van der Waals surface area contributed by atoms with Crippen molar-refractivity contribution in [2.24, 2.45) is 0 Å². The van der Waals surface area contributed by atoms with Crippen LogP contribution >= 0.6 is 0 Å². The second-order valence-corrected chi connectivity index (χ2v) is 4.63. The highest BCUT2D eigenvalue weighted by Gasteiger charge is 2.26. The minimum atomic E-state index is -0.160. The zero-order chi connectivity index (χ0) is 13.8. The molecule has 2 rings (SSSR count). The lowest BCUT2D eigenvalue weighted by molar-refractivity contribution is -0.122. The molecule has 1 heterocycles. The fourth-order valence-electron chi connectivity index (χ4n) is 2.04. The van der Waals surface area contributed by atoms with Gasteiger partial charge in [0.15, 0.2) is 0 Å². The van der Waals surface area contributed by atoms with Crippen LogP contribution in [0.4, 0.5) is 11.4 Å². The molecule has 1 aliphatic heterocycles. The van der Waals surface area contributed by atoms with Crippen LogP contribution in [0.1, 0.15) is 19.8 Å². The number of nitrogens with one attached hydrogen (secondary N) is 1. The van der Waals surface area contributed by atoms with E-state index < -0.39 is 0 Å². The van der Waals surface area contributed by atoms with Crippen LogP contribution in [0.15, 0.2) is 24.3 Å². The SMILES string of the molecule is COC(C)CCC(=O)N1CC(=O)Nc2ccccc21. The molecule has 102 valence electrons. The van der Waals surface area contributed by atoms with E-state index in [2.05, 4.69) is 5.32 Å². The molecule has 0 aliphatic carbocycles. The Morgan fingerprint density at radius 3 is 2.95 bits per heavy atom. The van der Waals surface area contributed by atoms with Crippen LogP contribution in [0, 0.1) is 0 Å². The number of carbonyl (C=O) groups excluding carboxylic acids is 2. The number of para-hydroxylation sites is 2. The topological polar surface area (TPSA) is 58.6 Å². The van der Waals surface area contributed by atoms with Gasteiger partial charge in [0, 0.05) is 13.5 Å². The molecular weight excluding hydrogens is 244 g/mol. The first-order chi connectivity index (χ1) is 9.11. The Balaban J connectivity index is 2.11. The summed E-state index contributed by atoms with van der Waals surface area (Å²) >= 11 is 0. The van der Waals surface area contributed by atoms with Gasteiger partial charge in [0.05, 0.1) is 17.5 Å². The molecule has 1 aliphatic rings. The minimum Gasteiger partial charge on any atom is -0.382 e. The molecule has 5 nitrogen and oxygen atoms in total. The van der Waals surface area contributed by atoms with Crippen molar-refractivity contribution < 1.29 is 14.3 Å². The van der Waals surface area contributed by atoms with Crippen LogP contribution < -0.4 is 10.2 Å². The monoisotopic (exact) mass is 262 g/mol. The average Bonchev–Trinajstić information content (AvgIpc) is 2.43. The molecular formula is C14H18N2O3. The zero-order valence-corrected chi connectivity index (χ0v) is 11.2. The molecule has 0 aromatic heterocycles. The fourth-order valence-corrected chi connectivity index (χ4v) is 2.04. The Bertz CT molecular complexity index is 487. The maximum absolute atomic E-state index is 12.2. The van der Waals surface area contributed by atoms with Crippen LogP contribution in [0.2, 0.25) is 0 Å². The number of hydrogen-bond donors (Lipinski definition) is 1. The van der Waals surface area contributed by atoms with Gasteiger partial charge in [0.2, 0.25) is 11.8 Å². The molecule has 1 aromatic carbocycles. The highest BCUT2D eigenvalue weighted by Crippen LogP contribution is 2.29. The van der Waals surface area contributed by atoms with Gasteiger partial charge in [-0.2, -0.15) is 0 Å². The van der Waals surface area contributed by atoms with Crippen molar-refractivity contribution in [3.8, 4) is 0 Å². The first kappa shape index (κ1) is 13.5. The van der Waals surface area contributed by atoms with Crippen LogP contribution in [-0.2, 0) is 14.3 Å². The molecule has 0 spiro atoms. The molecule has 2 amide bonds. The van der Waals surface area contributed by atoms with Crippen molar-refractivity contribution >= 4 is 23.2 Å². The van der Waals surface area contributed by atoms with E-state index >= 15 is 0 Å². The van der Waals surface area contributed by atoms with Crippen molar-refractivity contribution in [2.45, 2.75) is 25.9 Å². The van der Waals surface area contributed by atoms with E-state index in [4.69, 9.17) is 4.74 Å². The van der Waals surface area contributed by atoms with Crippen molar-refractivity contribution in [3.63, 3.8) is 0 Å². The number of amides is 2. The third-order valence-corrected chi connectivity index (χ3v) is 3.24. The van der Waals surface area contributed by atoms with Gasteiger partial charge in [0.1, 0.15) is 6.54 Å². The van der Waals surface area contributed by atoms with Gasteiger partial charge in [-0.25, -0.2) is 0 Å². The molecule has 0 radical (unpaired) electrons. The molecule has 0 saturated heterocycles. The smallest absolute Gasteiger partial charge is 0.244 e. The summed E-state index contributed by atoms with van der Waals surface area (Å²) in [6.07, 6.45) is 1.06. The van der Waals surface area contributed by atoms with Crippen LogP contribution in [0.25, 0.3) is 0 Å². The summed E-state index contributed by atoms with van der Waals surface area (Å²) in [5, 5.41) is 2.76. The van der Waals surface area contributed by atoms with Crippen LogP contribution in [0.3, 0.4) is 0 Å². The van der Waals surface area contributed by atoms with E-state index in [0.29, 0.717) is 18.5 Å². The first-order valence-electron chi connectivity index (χ1n) is 6.34. The van der Waals surface area contributed by atoms with E-state index in [1.54, 1.807) is 13.2 Å². The molecule has 0 fully saturated rings. The predicted octanol–water partition coefficient (Wildman–Crippen LogP) is 1.79. The third-order valence-electron chi connectivity index (χ3n) is 3.24. The summed E-state index contributed by atoms with van der Waals surface area (Å²) in [6.45, 7) is 2.00. The Hall–Kier alpha value is -1.88. The van der Waals surface area contributed by atoms with Crippen LogP contribution in [0.5, 0.6) is 0 Å². The molecule has 19 heavy (non-hydrogen) atoms. The predicted molar refractivity (Wildman–Crippen MR) is 73.1 cm³/mol. The summed E-state index contributed by atoms with van der Waals surface area (Å²) in [4.78, 5) is 25.4. The Kier molecular flexibility index (Phi) is 4.16. The fraction of sp³-hybridized carbons (Fsp3) is 0.429. The third kappa shape index (κ3) is 3.12. The van der Waals surface area contributed by atoms with Crippen molar-refractivity contribution in [2.75, 3.05) is 23.9 Å². The lowest BCUT2D eigenvalue weighted by Crippen LogP contribution is -2.42. The second kappa shape index (κ2) is 5.84. The largest absolute Gasteiger partial charge is 0.382 e. The molecule has 0 saturated carbocycles. The van der Waals surface area contributed by atoms with Crippen molar-refractivity contribution in [1.82, 2.24) is 0 Å². The number of hydrogen-bond acceptors (Lipinski definition) is 3. The van der Waals surface area contributed by atoms with E-state index in [0.717, 1.165) is 5.69 Å². The van der Waals surface area contributed by atoms with Gasteiger partial charge < -0.3 is 15.0 Å². The van der Waals surface area contributed by atoms with Gasteiger partial charge in [-0.1, -0.05) is 12.1 Å². The molecule has 1 aromatic rings. The maximum atomic E-state index is 12.2. The molecule has 1 atom stereocenters. The lowest BCUT2D eigenvalue weighted by Gasteiger charge is -2.29. The van der Waals surface area contributed by atoms with E-state index in [-0.39, 0.29) is 24.5 Å². The first-order valence-corrected chi connectivity index (χ1v) is 6.34. The maximum Gasteiger partial charge on any atom is 0.244 e. The second-order valence-electron chi connectivity index (χ2n) is 4.63. The Morgan fingerprint density at radius 2 is 2.21 bits per heavy atom. The standard InChI is InChI=1S/C14H18N2O3/c1-10(19-2)7-8-14(18)16-9-13(17)15-11-5-3-4-6-12(11)16/h3-6,10H,7-9H2,1-2H3,(H,15,17). The van der Waals surface area contributed by atoms with Gasteiger partial charge in [-0.3, -0.25) is 9.59 Å². The number of fused-ring (bicyclic) bond motifs is 1. The number of carbonyl (C=O) groups is 2. The van der Waals surface area contributed by atoms with Crippen molar-refractivity contribution in [3.05, 3.63) is 24.3 Å². The number of nitrogens with zero attached hydrogens (tertiary/aromatic N) is 1. The van der Waals surface area contributed by atoms with Gasteiger partial charge in [0.25, 0.3) is 0 Å². The summed E-state index contributed by atoms with van der Waals surface area (Å²) in [7, 11) is 1.62. The number of ether oxygens (including phenoxy) is 1.